The van der Waals surface area contributed by atoms with E-state index in [0.717, 1.165) is 11.3 Å². The minimum absolute atomic E-state index is 0.0532. The van der Waals surface area contributed by atoms with Gasteiger partial charge < -0.3 is 5.11 Å². The number of rotatable bonds is 3. The molecule has 2 aromatic rings. The molecule has 5 nitrogen and oxygen atoms in total. The Morgan fingerprint density at radius 1 is 1.50 bits per heavy atom. The number of nitrogens with zero attached hydrogens (tertiary/aromatic N) is 3. The maximum absolute atomic E-state index is 10.7. The normalized spacial score (nSPS) is 10.3. The van der Waals surface area contributed by atoms with E-state index in [2.05, 4.69) is 10.1 Å². The van der Waals surface area contributed by atoms with Crippen LogP contribution in [0.4, 0.5) is 0 Å². The summed E-state index contributed by atoms with van der Waals surface area (Å²) in [6, 6.07) is 5.51. The van der Waals surface area contributed by atoms with E-state index in [-0.39, 0.29) is 6.42 Å². The van der Waals surface area contributed by atoms with E-state index in [1.807, 2.05) is 18.2 Å². The van der Waals surface area contributed by atoms with Gasteiger partial charge in [0.05, 0.1) is 24.0 Å². The van der Waals surface area contributed by atoms with Crippen molar-refractivity contribution in [3.8, 4) is 11.3 Å². The first-order valence-electron chi connectivity index (χ1n) is 4.82. The van der Waals surface area contributed by atoms with E-state index in [4.69, 9.17) is 5.11 Å². The number of hydrogen-bond acceptors (Lipinski definition) is 3. The Kier molecular flexibility index (Phi) is 2.68. The van der Waals surface area contributed by atoms with Crippen LogP contribution in [0, 0.1) is 0 Å². The minimum Gasteiger partial charge on any atom is -0.481 e. The predicted octanol–water partition coefficient (Wildman–Crippen LogP) is 1.11. The summed E-state index contributed by atoms with van der Waals surface area (Å²) in [6.07, 6.45) is 3.26. The van der Waals surface area contributed by atoms with Crippen LogP contribution in [-0.4, -0.2) is 25.8 Å². The molecule has 1 N–H and O–H groups in total. The lowest BCUT2D eigenvalue weighted by atomic mass is 10.1. The Morgan fingerprint density at radius 2 is 2.31 bits per heavy atom. The largest absolute Gasteiger partial charge is 0.481 e. The van der Waals surface area contributed by atoms with E-state index in [1.165, 1.54) is 0 Å². The molecule has 0 aromatic carbocycles. The van der Waals surface area contributed by atoms with Crippen LogP contribution in [0.3, 0.4) is 0 Å². The molecular weight excluding hydrogens is 206 g/mol. The topological polar surface area (TPSA) is 68.0 Å². The monoisotopic (exact) mass is 217 g/mol. The SMILES string of the molecule is Cn1ncc(-c2ccccn2)c1CC(=O)O. The molecule has 0 spiro atoms. The van der Waals surface area contributed by atoms with E-state index >= 15 is 0 Å². The molecule has 0 unspecified atom stereocenters. The van der Waals surface area contributed by atoms with E-state index < -0.39 is 5.97 Å². The summed E-state index contributed by atoms with van der Waals surface area (Å²) < 4.78 is 1.57. The van der Waals surface area contributed by atoms with Crippen molar-refractivity contribution in [1.29, 1.82) is 0 Å². The van der Waals surface area contributed by atoms with Gasteiger partial charge in [0.25, 0.3) is 0 Å². The van der Waals surface area contributed by atoms with Gasteiger partial charge in [0.2, 0.25) is 0 Å². The molecule has 0 fully saturated rings. The number of carboxylic acids is 1. The third-order valence-corrected chi connectivity index (χ3v) is 2.32. The lowest BCUT2D eigenvalue weighted by Gasteiger charge is -2.02. The predicted molar refractivity (Wildman–Crippen MR) is 57.8 cm³/mol. The average Bonchev–Trinajstić information content (AvgIpc) is 2.61. The van der Waals surface area contributed by atoms with Crippen molar-refractivity contribution >= 4 is 5.97 Å². The second kappa shape index (κ2) is 4.14. The van der Waals surface area contributed by atoms with Gasteiger partial charge in [-0.2, -0.15) is 5.10 Å². The molecule has 5 heteroatoms. The van der Waals surface area contributed by atoms with E-state index in [9.17, 15) is 4.79 Å². The maximum atomic E-state index is 10.7. The highest BCUT2D eigenvalue weighted by atomic mass is 16.4. The van der Waals surface area contributed by atoms with Crippen molar-refractivity contribution in [2.45, 2.75) is 6.42 Å². The summed E-state index contributed by atoms with van der Waals surface area (Å²) in [5.74, 6) is -0.874. The van der Waals surface area contributed by atoms with Crippen LogP contribution in [0.2, 0.25) is 0 Å². The lowest BCUT2D eigenvalue weighted by Crippen LogP contribution is -2.07. The molecule has 0 amide bonds. The molecule has 2 aromatic heterocycles. The zero-order valence-electron chi connectivity index (χ0n) is 8.79. The number of carboxylic acid groups (broad SMARTS) is 1. The van der Waals surface area contributed by atoms with Crippen LogP contribution >= 0.6 is 0 Å². The van der Waals surface area contributed by atoms with Crippen molar-refractivity contribution < 1.29 is 9.90 Å². The summed E-state index contributed by atoms with van der Waals surface area (Å²) in [7, 11) is 1.73. The van der Waals surface area contributed by atoms with Gasteiger partial charge in [-0.25, -0.2) is 0 Å². The summed E-state index contributed by atoms with van der Waals surface area (Å²) in [5.41, 5.74) is 2.17. The number of carbonyl (C=O) groups is 1. The zero-order chi connectivity index (χ0) is 11.5. The van der Waals surface area contributed by atoms with Crippen LogP contribution in [0.15, 0.2) is 30.6 Å². The van der Waals surface area contributed by atoms with Gasteiger partial charge in [-0.1, -0.05) is 6.07 Å². The highest BCUT2D eigenvalue weighted by Gasteiger charge is 2.14. The molecule has 16 heavy (non-hydrogen) atoms. The van der Waals surface area contributed by atoms with Crippen LogP contribution < -0.4 is 0 Å². The molecule has 0 atom stereocenters. The van der Waals surface area contributed by atoms with Gasteiger partial charge >= 0.3 is 5.97 Å². The first kappa shape index (κ1) is 10.4. The summed E-state index contributed by atoms with van der Waals surface area (Å²) in [6.45, 7) is 0. The second-order valence-corrected chi connectivity index (χ2v) is 3.41. The van der Waals surface area contributed by atoms with Crippen molar-refractivity contribution in [3.05, 3.63) is 36.3 Å². The smallest absolute Gasteiger partial charge is 0.309 e. The van der Waals surface area contributed by atoms with E-state index in [1.54, 1.807) is 24.1 Å². The maximum Gasteiger partial charge on any atom is 0.309 e. The average molecular weight is 217 g/mol. The van der Waals surface area contributed by atoms with Gasteiger partial charge in [0.15, 0.2) is 0 Å². The summed E-state index contributed by atoms with van der Waals surface area (Å²) >= 11 is 0. The van der Waals surface area contributed by atoms with Crippen LogP contribution in [0.5, 0.6) is 0 Å². The molecule has 82 valence electrons. The molecule has 0 aliphatic heterocycles. The summed E-state index contributed by atoms with van der Waals surface area (Å²) in [4.78, 5) is 14.9. The van der Waals surface area contributed by atoms with Gasteiger partial charge in [-0.05, 0) is 12.1 Å². The molecule has 0 radical (unpaired) electrons. The fourth-order valence-electron chi connectivity index (χ4n) is 1.55. The van der Waals surface area contributed by atoms with Gasteiger partial charge in [0, 0.05) is 18.8 Å². The van der Waals surface area contributed by atoms with Crippen molar-refractivity contribution in [3.63, 3.8) is 0 Å². The van der Waals surface area contributed by atoms with Crippen LogP contribution in [0.1, 0.15) is 5.69 Å². The molecule has 0 saturated heterocycles. The number of hydrogen-bond donors (Lipinski definition) is 1. The molecule has 2 heterocycles. The Labute approximate surface area is 92.4 Å². The number of aliphatic carboxylic acids is 1. The minimum atomic E-state index is -0.874. The Morgan fingerprint density at radius 3 is 2.94 bits per heavy atom. The van der Waals surface area contributed by atoms with E-state index in [0.29, 0.717) is 5.69 Å². The van der Waals surface area contributed by atoms with Crippen molar-refractivity contribution in [2.75, 3.05) is 0 Å². The third kappa shape index (κ3) is 1.93. The van der Waals surface area contributed by atoms with Crippen molar-refractivity contribution in [1.82, 2.24) is 14.8 Å². The second-order valence-electron chi connectivity index (χ2n) is 3.41. The Bertz CT molecular complexity index is 505. The highest BCUT2D eigenvalue weighted by molar-refractivity contribution is 5.74. The molecule has 0 aliphatic carbocycles. The summed E-state index contributed by atoms with van der Waals surface area (Å²) in [5, 5.41) is 12.9. The first-order chi connectivity index (χ1) is 7.68. The molecular formula is C11H11N3O2. The Balaban J connectivity index is 2.46. The highest BCUT2D eigenvalue weighted by Crippen LogP contribution is 2.20. The fraction of sp³-hybridized carbons (Fsp3) is 0.182. The first-order valence-corrected chi connectivity index (χ1v) is 4.82. The van der Waals surface area contributed by atoms with Crippen LogP contribution in [-0.2, 0) is 18.3 Å². The Hall–Kier alpha value is -2.17. The standard InChI is InChI=1S/C11H11N3O2/c1-14-10(6-11(15)16)8(7-13-14)9-4-2-3-5-12-9/h2-5,7H,6H2,1H3,(H,15,16). The molecule has 0 saturated carbocycles. The third-order valence-electron chi connectivity index (χ3n) is 2.32. The quantitative estimate of drug-likeness (QED) is 0.836. The number of pyridine rings is 1. The van der Waals surface area contributed by atoms with Gasteiger partial charge in [0.1, 0.15) is 0 Å². The van der Waals surface area contributed by atoms with Crippen LogP contribution in [0.25, 0.3) is 11.3 Å². The molecule has 2 rings (SSSR count). The zero-order valence-corrected chi connectivity index (χ0v) is 8.79. The molecule has 0 aliphatic rings. The molecule has 0 bridgehead atoms. The van der Waals surface area contributed by atoms with Gasteiger partial charge in [-0.3, -0.25) is 14.5 Å². The lowest BCUT2D eigenvalue weighted by molar-refractivity contribution is -0.136. The number of aryl methyl sites for hydroxylation is 1. The van der Waals surface area contributed by atoms with Gasteiger partial charge in [-0.15, -0.1) is 0 Å². The fourth-order valence-corrected chi connectivity index (χ4v) is 1.55. The number of aromatic nitrogens is 3. The van der Waals surface area contributed by atoms with Crippen molar-refractivity contribution in [2.24, 2.45) is 7.05 Å².